The van der Waals surface area contributed by atoms with Crippen LogP contribution in [0.4, 0.5) is 0 Å². The average Bonchev–Trinajstić information content (AvgIpc) is 2.72. The first-order valence-electron chi connectivity index (χ1n) is 9.88. The van der Waals surface area contributed by atoms with Crippen molar-refractivity contribution in [2.24, 2.45) is 5.73 Å². The van der Waals surface area contributed by atoms with E-state index in [1.54, 1.807) is 18.2 Å². The fraction of sp³-hybridized carbons (Fsp3) is 0.450. The van der Waals surface area contributed by atoms with E-state index in [0.29, 0.717) is 6.42 Å². The number of carboxylic acids is 1. The van der Waals surface area contributed by atoms with E-state index in [2.05, 4.69) is 16.0 Å². The lowest BCUT2D eigenvalue weighted by atomic mass is 10.1. The van der Waals surface area contributed by atoms with Crippen molar-refractivity contribution >= 4 is 29.6 Å². The Morgan fingerprint density at radius 3 is 2.61 bits per heavy atom. The van der Waals surface area contributed by atoms with E-state index >= 15 is 0 Å². The molecular formula is C20H26N4O7. The Kier molecular flexibility index (Phi) is 8.79. The van der Waals surface area contributed by atoms with Crippen molar-refractivity contribution in [1.82, 2.24) is 16.0 Å². The largest absolute Gasteiger partial charge is 0.493 e. The first-order valence-corrected chi connectivity index (χ1v) is 9.88. The molecule has 0 saturated heterocycles. The molecule has 11 nitrogen and oxygen atoms in total. The van der Waals surface area contributed by atoms with Crippen LogP contribution in [0, 0.1) is 0 Å². The topological polar surface area (TPSA) is 177 Å². The Morgan fingerprint density at radius 1 is 1.16 bits per heavy atom. The predicted octanol–water partition coefficient (Wildman–Crippen LogP) is -0.701. The van der Waals surface area contributed by atoms with Crippen molar-refractivity contribution in [3.05, 3.63) is 29.8 Å². The predicted molar refractivity (Wildman–Crippen MR) is 108 cm³/mol. The minimum atomic E-state index is -1.32. The van der Waals surface area contributed by atoms with E-state index in [1.165, 1.54) is 6.07 Å². The summed E-state index contributed by atoms with van der Waals surface area (Å²) >= 11 is 0. The number of carboxylic acid groups (broad SMARTS) is 1. The summed E-state index contributed by atoms with van der Waals surface area (Å²) in [5.74, 6) is -3.34. The van der Waals surface area contributed by atoms with Gasteiger partial charge in [0.05, 0.1) is 12.2 Å². The lowest BCUT2D eigenvalue weighted by Gasteiger charge is -2.20. The van der Waals surface area contributed by atoms with Crippen LogP contribution in [-0.2, 0) is 19.2 Å². The maximum atomic E-state index is 12.6. The number of benzene rings is 1. The molecule has 1 aromatic carbocycles. The summed E-state index contributed by atoms with van der Waals surface area (Å²) in [6.45, 7) is 0.433. The molecule has 1 aliphatic heterocycles. The highest BCUT2D eigenvalue weighted by molar-refractivity contribution is 5.99. The van der Waals surface area contributed by atoms with E-state index in [9.17, 15) is 29.1 Å². The zero-order valence-corrected chi connectivity index (χ0v) is 16.9. The van der Waals surface area contributed by atoms with Crippen LogP contribution in [-0.4, -0.2) is 59.9 Å². The van der Waals surface area contributed by atoms with Gasteiger partial charge in [-0.1, -0.05) is 12.1 Å². The molecule has 4 amide bonds. The second-order valence-electron chi connectivity index (χ2n) is 7.02. The molecule has 6 N–H and O–H groups in total. The normalized spacial score (nSPS) is 21.0. The van der Waals surface area contributed by atoms with Crippen molar-refractivity contribution in [2.75, 3.05) is 13.2 Å². The summed E-state index contributed by atoms with van der Waals surface area (Å²) in [5, 5.41) is 17.0. The zero-order chi connectivity index (χ0) is 22.8. The number of hydrogen-bond acceptors (Lipinski definition) is 6. The van der Waals surface area contributed by atoms with Crippen LogP contribution < -0.4 is 26.4 Å². The lowest BCUT2D eigenvalue weighted by molar-refractivity contribution is -0.139. The number of fused-ring (bicyclic) bond motifs is 1. The fourth-order valence-corrected chi connectivity index (χ4v) is 2.96. The lowest BCUT2D eigenvalue weighted by Crippen LogP contribution is -2.48. The maximum absolute atomic E-state index is 12.6. The van der Waals surface area contributed by atoms with Gasteiger partial charge >= 0.3 is 5.97 Å². The summed E-state index contributed by atoms with van der Waals surface area (Å²) in [6, 6.07) is 4.07. The molecule has 0 radical (unpaired) electrons. The quantitative estimate of drug-likeness (QED) is 0.416. The van der Waals surface area contributed by atoms with Gasteiger partial charge in [-0.2, -0.15) is 0 Å². The summed E-state index contributed by atoms with van der Waals surface area (Å²) in [6.07, 6.45) is -0.131. The van der Waals surface area contributed by atoms with Gasteiger partial charge < -0.3 is 31.5 Å². The van der Waals surface area contributed by atoms with Crippen LogP contribution in [0.2, 0.25) is 0 Å². The van der Waals surface area contributed by atoms with Gasteiger partial charge in [0.2, 0.25) is 17.7 Å². The molecule has 1 unspecified atom stereocenters. The van der Waals surface area contributed by atoms with Gasteiger partial charge in [0.1, 0.15) is 17.8 Å². The number of primary amides is 1. The van der Waals surface area contributed by atoms with Gasteiger partial charge in [-0.05, 0) is 31.4 Å². The van der Waals surface area contributed by atoms with Gasteiger partial charge in [0.15, 0.2) is 0 Å². The van der Waals surface area contributed by atoms with Gasteiger partial charge in [-0.25, -0.2) is 4.79 Å². The highest BCUT2D eigenvalue weighted by Crippen LogP contribution is 2.18. The summed E-state index contributed by atoms with van der Waals surface area (Å²) < 4.78 is 5.62. The molecule has 0 fully saturated rings. The number of ether oxygens (including phenoxy) is 1. The van der Waals surface area contributed by atoms with Crippen LogP contribution in [0.25, 0.3) is 0 Å². The van der Waals surface area contributed by atoms with Crippen LogP contribution in [0.1, 0.15) is 42.5 Å². The number of aliphatic carboxylic acids is 1. The monoisotopic (exact) mass is 434 g/mol. The Labute approximate surface area is 178 Å². The molecule has 0 bridgehead atoms. The molecule has 1 aliphatic rings. The second-order valence-corrected chi connectivity index (χ2v) is 7.02. The van der Waals surface area contributed by atoms with Crippen LogP contribution in [0.15, 0.2) is 24.3 Å². The van der Waals surface area contributed by atoms with Gasteiger partial charge in [-0.3, -0.25) is 19.2 Å². The number of nitrogens with two attached hydrogens (primary N) is 1. The number of nitrogens with one attached hydrogen (secondary N) is 3. The molecule has 1 heterocycles. The number of carbonyl (C=O) groups is 5. The second kappa shape index (κ2) is 11.5. The highest BCUT2D eigenvalue weighted by atomic mass is 16.5. The summed E-state index contributed by atoms with van der Waals surface area (Å²) in [5.41, 5.74) is 5.30. The molecule has 1 aromatic rings. The van der Waals surface area contributed by atoms with Crippen molar-refractivity contribution in [1.29, 1.82) is 0 Å². The third-order valence-electron chi connectivity index (χ3n) is 4.60. The number of carbonyl (C=O) groups excluding carboxylic acids is 4. The van der Waals surface area contributed by atoms with Crippen LogP contribution in [0.3, 0.4) is 0 Å². The van der Waals surface area contributed by atoms with Crippen molar-refractivity contribution in [3.63, 3.8) is 0 Å². The summed E-state index contributed by atoms with van der Waals surface area (Å²) in [7, 11) is 0. The number of hydrogen-bond donors (Lipinski definition) is 5. The van der Waals surface area contributed by atoms with E-state index in [0.717, 1.165) is 0 Å². The Morgan fingerprint density at radius 2 is 1.90 bits per heavy atom. The van der Waals surface area contributed by atoms with Crippen LogP contribution >= 0.6 is 0 Å². The molecule has 0 aliphatic carbocycles. The molecule has 168 valence electrons. The molecule has 0 saturated carbocycles. The Hall–Kier alpha value is -3.63. The number of para-hydroxylation sites is 1. The number of rotatable bonds is 4. The smallest absolute Gasteiger partial charge is 0.326 e. The SMILES string of the molecule is NC(=O)CCC1NC(=O)CC[C@@H](C(=O)O)NC(=O)c2ccccc2OCCCNC1=O. The fourth-order valence-electron chi connectivity index (χ4n) is 2.96. The first-order chi connectivity index (χ1) is 14.8. The van der Waals surface area contributed by atoms with E-state index in [-0.39, 0.29) is 50.1 Å². The van der Waals surface area contributed by atoms with Gasteiger partial charge in [-0.15, -0.1) is 0 Å². The minimum Gasteiger partial charge on any atom is -0.493 e. The standard InChI is InChI=1S/C20H26N4O7/c21-16(25)8-6-13-19(28)22-10-3-11-31-15-5-2-1-4-12(15)18(27)24-14(20(29)30)7-9-17(26)23-13/h1-2,4-5,13-14H,3,6-11H2,(H2,21,25)(H,22,28)(H,23,26)(H,24,27)(H,29,30)/t13?,14-/m0/s1. The number of amides is 4. The Balaban J connectivity index is 2.20. The highest BCUT2D eigenvalue weighted by Gasteiger charge is 2.26. The third kappa shape index (κ3) is 7.61. The average molecular weight is 434 g/mol. The molecule has 2 rings (SSSR count). The molecule has 2 atom stereocenters. The van der Waals surface area contributed by atoms with Crippen molar-refractivity contribution in [3.8, 4) is 5.75 Å². The van der Waals surface area contributed by atoms with Gasteiger partial charge in [0, 0.05) is 19.4 Å². The molecular weight excluding hydrogens is 408 g/mol. The zero-order valence-electron chi connectivity index (χ0n) is 16.9. The van der Waals surface area contributed by atoms with Crippen LogP contribution in [0.5, 0.6) is 5.75 Å². The van der Waals surface area contributed by atoms with Gasteiger partial charge in [0.25, 0.3) is 5.91 Å². The van der Waals surface area contributed by atoms with E-state index in [4.69, 9.17) is 10.5 Å². The first kappa shape index (κ1) is 23.6. The van der Waals surface area contributed by atoms with Crippen molar-refractivity contribution < 1.29 is 33.8 Å². The molecule has 31 heavy (non-hydrogen) atoms. The van der Waals surface area contributed by atoms with E-state index in [1.807, 2.05) is 0 Å². The molecule has 0 spiro atoms. The summed E-state index contributed by atoms with van der Waals surface area (Å²) in [4.78, 5) is 59.9. The van der Waals surface area contributed by atoms with E-state index < -0.39 is 41.7 Å². The molecule has 11 heteroatoms. The van der Waals surface area contributed by atoms with Crippen molar-refractivity contribution in [2.45, 2.75) is 44.2 Å². The maximum Gasteiger partial charge on any atom is 0.326 e. The third-order valence-corrected chi connectivity index (χ3v) is 4.60. The molecule has 0 aromatic heterocycles. The Bertz CT molecular complexity index is 843. The minimum absolute atomic E-state index is 0.00980.